The second-order valence-electron chi connectivity index (χ2n) is 3.45. The maximum Gasteiger partial charge on any atom is 0.239 e. The number of anilines is 2. The molecular formula is C11H14N6. The van der Waals surface area contributed by atoms with Crippen LogP contribution in [0.3, 0.4) is 0 Å². The molecule has 0 saturated carbocycles. The molecule has 0 fully saturated rings. The molecule has 88 valence electrons. The summed E-state index contributed by atoms with van der Waals surface area (Å²) in [6.07, 6.45) is 6.16. The lowest BCUT2D eigenvalue weighted by Gasteiger charge is -2.06. The lowest BCUT2D eigenvalue weighted by atomic mass is 10.2. The quantitative estimate of drug-likeness (QED) is 0.520. The van der Waals surface area contributed by atoms with E-state index in [-0.39, 0.29) is 0 Å². The SMILES string of the molecule is NNc1nccc(NCCc2cccnc2)n1. The van der Waals surface area contributed by atoms with Crippen LogP contribution >= 0.6 is 0 Å². The molecule has 0 aliphatic heterocycles. The largest absolute Gasteiger partial charge is 0.370 e. The van der Waals surface area contributed by atoms with Crippen LogP contribution in [-0.4, -0.2) is 21.5 Å². The molecule has 0 unspecified atom stereocenters. The zero-order valence-corrected chi connectivity index (χ0v) is 9.30. The highest BCUT2D eigenvalue weighted by Crippen LogP contribution is 2.05. The first-order chi connectivity index (χ1) is 8.38. The highest BCUT2D eigenvalue weighted by molar-refractivity contribution is 5.38. The van der Waals surface area contributed by atoms with Gasteiger partial charge in [0.15, 0.2) is 0 Å². The van der Waals surface area contributed by atoms with Gasteiger partial charge in [-0.1, -0.05) is 6.07 Å². The molecule has 17 heavy (non-hydrogen) atoms. The highest BCUT2D eigenvalue weighted by Gasteiger charge is 1.97. The number of nitrogens with two attached hydrogens (primary N) is 1. The predicted octanol–water partition coefficient (Wildman–Crippen LogP) is 0.812. The lowest BCUT2D eigenvalue weighted by molar-refractivity contribution is 0.987. The highest BCUT2D eigenvalue weighted by atomic mass is 15.3. The lowest BCUT2D eigenvalue weighted by Crippen LogP contribution is -2.12. The Morgan fingerprint density at radius 3 is 2.94 bits per heavy atom. The summed E-state index contributed by atoms with van der Waals surface area (Å²) in [6, 6.07) is 5.77. The van der Waals surface area contributed by atoms with Crippen molar-refractivity contribution in [2.24, 2.45) is 5.84 Å². The smallest absolute Gasteiger partial charge is 0.239 e. The second kappa shape index (κ2) is 5.76. The van der Waals surface area contributed by atoms with Crippen molar-refractivity contribution >= 4 is 11.8 Å². The van der Waals surface area contributed by atoms with Gasteiger partial charge in [-0.25, -0.2) is 10.8 Å². The molecule has 0 bridgehead atoms. The number of aromatic nitrogens is 3. The molecule has 6 nitrogen and oxygen atoms in total. The van der Waals surface area contributed by atoms with Gasteiger partial charge in [0.1, 0.15) is 5.82 Å². The Morgan fingerprint density at radius 2 is 2.18 bits per heavy atom. The van der Waals surface area contributed by atoms with E-state index in [9.17, 15) is 0 Å². The van der Waals surface area contributed by atoms with Crippen molar-refractivity contribution in [2.75, 3.05) is 17.3 Å². The van der Waals surface area contributed by atoms with Gasteiger partial charge in [-0.2, -0.15) is 4.98 Å². The zero-order chi connectivity index (χ0) is 11.9. The van der Waals surface area contributed by atoms with E-state index in [1.807, 2.05) is 18.3 Å². The van der Waals surface area contributed by atoms with Crippen LogP contribution in [0, 0.1) is 0 Å². The van der Waals surface area contributed by atoms with Crippen molar-refractivity contribution in [3.05, 3.63) is 42.4 Å². The summed E-state index contributed by atoms with van der Waals surface area (Å²) < 4.78 is 0. The topological polar surface area (TPSA) is 88.8 Å². The first-order valence-electron chi connectivity index (χ1n) is 5.31. The van der Waals surface area contributed by atoms with Crippen LogP contribution in [0.2, 0.25) is 0 Å². The molecule has 2 aromatic heterocycles. The summed E-state index contributed by atoms with van der Waals surface area (Å²) in [4.78, 5) is 12.1. The Hall–Kier alpha value is -2.21. The third-order valence-electron chi connectivity index (χ3n) is 2.23. The van der Waals surface area contributed by atoms with E-state index < -0.39 is 0 Å². The molecule has 2 rings (SSSR count). The maximum atomic E-state index is 5.23. The average molecular weight is 230 g/mol. The molecule has 0 aliphatic carbocycles. The predicted molar refractivity (Wildman–Crippen MR) is 66.3 cm³/mol. The monoisotopic (exact) mass is 230 g/mol. The normalized spacial score (nSPS) is 9.94. The number of rotatable bonds is 5. The Morgan fingerprint density at radius 1 is 1.24 bits per heavy atom. The molecule has 0 aliphatic rings. The average Bonchev–Trinajstić information content (AvgIpc) is 2.40. The molecule has 0 amide bonds. The Balaban J connectivity index is 1.86. The van der Waals surface area contributed by atoms with Crippen LogP contribution in [-0.2, 0) is 6.42 Å². The first kappa shape index (κ1) is 11.3. The number of pyridine rings is 1. The third kappa shape index (κ3) is 3.39. The summed E-state index contributed by atoms with van der Waals surface area (Å²) in [5.41, 5.74) is 3.59. The van der Waals surface area contributed by atoms with Crippen LogP contribution in [0.5, 0.6) is 0 Å². The summed E-state index contributed by atoms with van der Waals surface area (Å²) >= 11 is 0. The Bertz CT molecular complexity index is 459. The fourth-order valence-electron chi connectivity index (χ4n) is 1.41. The van der Waals surface area contributed by atoms with Crippen molar-refractivity contribution in [2.45, 2.75) is 6.42 Å². The van der Waals surface area contributed by atoms with E-state index in [4.69, 9.17) is 5.84 Å². The van der Waals surface area contributed by atoms with Crippen LogP contribution < -0.4 is 16.6 Å². The van der Waals surface area contributed by atoms with Gasteiger partial charge in [0.05, 0.1) is 0 Å². The maximum absolute atomic E-state index is 5.23. The van der Waals surface area contributed by atoms with Gasteiger partial charge < -0.3 is 5.32 Å². The summed E-state index contributed by atoms with van der Waals surface area (Å²) in [5.74, 6) is 6.37. The molecule has 6 heteroatoms. The minimum Gasteiger partial charge on any atom is -0.370 e. The number of nitrogens with zero attached hydrogens (tertiary/aromatic N) is 3. The second-order valence-corrected chi connectivity index (χ2v) is 3.45. The number of hydrazine groups is 1. The van der Waals surface area contributed by atoms with E-state index in [1.54, 1.807) is 18.5 Å². The van der Waals surface area contributed by atoms with Gasteiger partial charge >= 0.3 is 0 Å². The van der Waals surface area contributed by atoms with Crippen molar-refractivity contribution in [1.82, 2.24) is 15.0 Å². The number of hydrogen-bond donors (Lipinski definition) is 3. The fourth-order valence-corrected chi connectivity index (χ4v) is 1.41. The molecule has 2 aromatic rings. The molecule has 0 atom stereocenters. The van der Waals surface area contributed by atoms with E-state index in [0.29, 0.717) is 5.95 Å². The minimum atomic E-state index is 0.399. The molecule has 0 radical (unpaired) electrons. The van der Waals surface area contributed by atoms with Crippen molar-refractivity contribution in [1.29, 1.82) is 0 Å². The molecule has 0 aromatic carbocycles. The van der Waals surface area contributed by atoms with Gasteiger partial charge in [0.25, 0.3) is 0 Å². The van der Waals surface area contributed by atoms with E-state index >= 15 is 0 Å². The van der Waals surface area contributed by atoms with Gasteiger partial charge in [0, 0.05) is 25.1 Å². The van der Waals surface area contributed by atoms with Crippen molar-refractivity contribution in [3.8, 4) is 0 Å². The zero-order valence-electron chi connectivity index (χ0n) is 9.30. The standard InChI is InChI=1S/C11H14N6/c12-17-11-15-7-4-10(16-11)14-6-3-9-2-1-5-13-8-9/h1-2,4-5,7-8H,3,6,12H2,(H2,14,15,16,17). The van der Waals surface area contributed by atoms with Crippen LogP contribution in [0.25, 0.3) is 0 Å². The van der Waals surface area contributed by atoms with Gasteiger partial charge in [-0.3, -0.25) is 10.4 Å². The van der Waals surface area contributed by atoms with Crippen LogP contribution in [0.1, 0.15) is 5.56 Å². The van der Waals surface area contributed by atoms with Gasteiger partial charge in [-0.05, 0) is 24.1 Å². The number of hydrogen-bond acceptors (Lipinski definition) is 6. The number of nitrogen functional groups attached to an aromatic ring is 1. The van der Waals surface area contributed by atoms with Crippen LogP contribution in [0.15, 0.2) is 36.8 Å². The van der Waals surface area contributed by atoms with Crippen molar-refractivity contribution < 1.29 is 0 Å². The number of nitrogens with one attached hydrogen (secondary N) is 2. The van der Waals surface area contributed by atoms with E-state index in [1.165, 1.54) is 5.56 Å². The van der Waals surface area contributed by atoms with Gasteiger partial charge in [0.2, 0.25) is 5.95 Å². The summed E-state index contributed by atoms with van der Waals surface area (Å²) in [5, 5.41) is 3.19. The summed E-state index contributed by atoms with van der Waals surface area (Å²) in [7, 11) is 0. The Labute approximate surface area is 99.3 Å². The molecule has 4 N–H and O–H groups in total. The molecule has 0 saturated heterocycles. The van der Waals surface area contributed by atoms with Crippen molar-refractivity contribution in [3.63, 3.8) is 0 Å². The van der Waals surface area contributed by atoms with Gasteiger partial charge in [-0.15, -0.1) is 0 Å². The minimum absolute atomic E-state index is 0.399. The molecule has 0 spiro atoms. The third-order valence-corrected chi connectivity index (χ3v) is 2.23. The van der Waals surface area contributed by atoms with Crippen LogP contribution in [0.4, 0.5) is 11.8 Å². The molecule has 2 heterocycles. The fraction of sp³-hybridized carbons (Fsp3) is 0.182. The Kier molecular flexibility index (Phi) is 3.82. The van der Waals surface area contributed by atoms with E-state index in [0.717, 1.165) is 18.8 Å². The van der Waals surface area contributed by atoms with E-state index in [2.05, 4.69) is 25.7 Å². The first-order valence-corrected chi connectivity index (χ1v) is 5.31. The molecular weight excluding hydrogens is 216 g/mol. The summed E-state index contributed by atoms with van der Waals surface area (Å²) in [6.45, 7) is 0.784.